The van der Waals surface area contributed by atoms with Crippen LogP contribution in [-0.2, 0) is 0 Å². The van der Waals surface area contributed by atoms with Crippen LogP contribution in [0.15, 0.2) is 9.79 Å². The van der Waals surface area contributed by atoms with Crippen molar-refractivity contribution in [1.29, 1.82) is 0 Å². The molecule has 1 rings (SSSR count). The van der Waals surface area contributed by atoms with Gasteiger partial charge in [-0.05, 0) is 49.3 Å². The first-order valence-corrected chi connectivity index (χ1v) is 9.45. The monoisotopic (exact) mass is 312 g/mol. The molecule has 0 aromatic heterocycles. The predicted octanol–water partition coefficient (Wildman–Crippen LogP) is 5.25. The first-order valence-electron chi connectivity index (χ1n) is 7.48. The second-order valence-electron chi connectivity index (χ2n) is 5.14. The normalized spacial score (nSPS) is 11.0. The molecule has 0 aliphatic carbocycles. The summed E-state index contributed by atoms with van der Waals surface area (Å²) in [5.74, 6) is 2.26. The minimum Gasteiger partial charge on any atom is -0.398 e. The van der Waals surface area contributed by atoms with Gasteiger partial charge in [-0.2, -0.15) is 0 Å². The van der Waals surface area contributed by atoms with Gasteiger partial charge in [0.25, 0.3) is 0 Å². The molecule has 0 bridgehead atoms. The zero-order valence-electron chi connectivity index (χ0n) is 13.2. The maximum Gasteiger partial charge on any atom is 0.0506 e. The van der Waals surface area contributed by atoms with Crippen LogP contribution in [0.2, 0.25) is 0 Å². The van der Waals surface area contributed by atoms with Crippen LogP contribution in [0.25, 0.3) is 0 Å². The highest BCUT2D eigenvalue weighted by Crippen LogP contribution is 2.42. The van der Waals surface area contributed by atoms with E-state index in [-0.39, 0.29) is 0 Å². The lowest BCUT2D eigenvalue weighted by Crippen LogP contribution is -2.04. The number of rotatable bonds is 8. The largest absolute Gasteiger partial charge is 0.398 e. The Bertz CT molecular complexity index is 408. The van der Waals surface area contributed by atoms with Gasteiger partial charge in [-0.25, -0.2) is 0 Å². The van der Waals surface area contributed by atoms with Crippen molar-refractivity contribution in [2.75, 3.05) is 23.0 Å². The second kappa shape index (κ2) is 8.73. The minimum atomic E-state index is 0.876. The minimum absolute atomic E-state index is 0.876. The van der Waals surface area contributed by atoms with Crippen molar-refractivity contribution < 1.29 is 0 Å². The number of nitrogen functional groups attached to an aromatic ring is 2. The van der Waals surface area contributed by atoms with Gasteiger partial charge in [-0.3, -0.25) is 0 Å². The average molecular weight is 313 g/mol. The molecule has 114 valence electrons. The molecule has 0 aliphatic heterocycles. The number of anilines is 2. The third-order valence-electron chi connectivity index (χ3n) is 3.47. The molecule has 20 heavy (non-hydrogen) atoms. The molecule has 0 saturated carbocycles. The number of nitrogens with two attached hydrogens (primary N) is 2. The molecule has 1 aromatic carbocycles. The number of hydrogen-bond donors (Lipinski definition) is 2. The van der Waals surface area contributed by atoms with Gasteiger partial charge in [0, 0.05) is 9.79 Å². The van der Waals surface area contributed by atoms with Crippen LogP contribution in [0.4, 0.5) is 11.4 Å². The van der Waals surface area contributed by atoms with Gasteiger partial charge in [0.15, 0.2) is 0 Å². The highest BCUT2D eigenvalue weighted by atomic mass is 32.2. The quantitative estimate of drug-likeness (QED) is 0.391. The highest BCUT2D eigenvalue weighted by Gasteiger charge is 2.16. The van der Waals surface area contributed by atoms with Crippen LogP contribution in [0.1, 0.15) is 50.7 Å². The van der Waals surface area contributed by atoms with Crippen molar-refractivity contribution in [3.8, 4) is 0 Å². The van der Waals surface area contributed by atoms with E-state index in [0.717, 1.165) is 28.4 Å². The number of hydrogen-bond acceptors (Lipinski definition) is 4. The molecule has 2 nitrogen and oxygen atoms in total. The van der Waals surface area contributed by atoms with Crippen LogP contribution in [-0.4, -0.2) is 11.5 Å². The molecule has 0 saturated heterocycles. The van der Waals surface area contributed by atoms with E-state index in [0.29, 0.717) is 0 Å². The molecule has 0 spiro atoms. The summed E-state index contributed by atoms with van der Waals surface area (Å²) in [5.41, 5.74) is 16.6. The lowest BCUT2D eigenvalue weighted by Gasteiger charge is -2.19. The fourth-order valence-electron chi connectivity index (χ4n) is 2.00. The second-order valence-corrected chi connectivity index (χ2v) is 7.35. The first-order chi connectivity index (χ1) is 9.54. The Hall–Kier alpha value is -0.480. The van der Waals surface area contributed by atoms with E-state index in [1.165, 1.54) is 41.0 Å². The summed E-state index contributed by atoms with van der Waals surface area (Å²) < 4.78 is 0. The Morgan fingerprint density at radius 1 is 0.750 bits per heavy atom. The Morgan fingerprint density at radius 2 is 1.15 bits per heavy atom. The molecule has 0 heterocycles. The Balaban J connectivity index is 3.04. The Morgan fingerprint density at radius 3 is 1.50 bits per heavy atom. The smallest absolute Gasteiger partial charge is 0.0506 e. The maximum atomic E-state index is 6.28. The van der Waals surface area contributed by atoms with Crippen LogP contribution in [0.5, 0.6) is 0 Å². The van der Waals surface area contributed by atoms with E-state index in [4.69, 9.17) is 11.5 Å². The van der Waals surface area contributed by atoms with E-state index >= 15 is 0 Å². The van der Waals surface area contributed by atoms with Crippen LogP contribution in [0, 0.1) is 13.8 Å². The van der Waals surface area contributed by atoms with E-state index < -0.39 is 0 Å². The molecule has 0 amide bonds. The van der Waals surface area contributed by atoms with Crippen LogP contribution in [0.3, 0.4) is 0 Å². The standard InChI is InChI=1S/C16H28N2S2/c1-5-7-9-19-15-12(4)16(20-10-8-6-2)14(18)11(3)13(15)17/h5-10,17-18H2,1-4H3. The van der Waals surface area contributed by atoms with Gasteiger partial charge in [-0.1, -0.05) is 26.7 Å². The summed E-state index contributed by atoms with van der Waals surface area (Å²) in [4.78, 5) is 2.48. The number of benzene rings is 1. The SMILES string of the molecule is CCCCSc1c(C)c(SCCCC)c(N)c(C)c1N. The lowest BCUT2D eigenvalue weighted by atomic mass is 10.1. The van der Waals surface area contributed by atoms with Crippen molar-refractivity contribution in [3.63, 3.8) is 0 Å². The number of unbranched alkanes of at least 4 members (excludes halogenated alkanes) is 2. The van der Waals surface area contributed by atoms with Crippen molar-refractivity contribution in [1.82, 2.24) is 0 Å². The van der Waals surface area contributed by atoms with Crippen molar-refractivity contribution >= 4 is 34.9 Å². The number of thioether (sulfide) groups is 2. The fraction of sp³-hybridized carbons (Fsp3) is 0.625. The topological polar surface area (TPSA) is 52.0 Å². The van der Waals surface area contributed by atoms with Gasteiger partial charge in [-0.15, -0.1) is 23.5 Å². The van der Waals surface area contributed by atoms with Crippen molar-refractivity contribution in [2.45, 2.75) is 63.2 Å². The van der Waals surface area contributed by atoms with Crippen LogP contribution >= 0.6 is 23.5 Å². The Kier molecular flexibility index (Phi) is 7.67. The van der Waals surface area contributed by atoms with E-state index in [2.05, 4.69) is 20.8 Å². The van der Waals surface area contributed by atoms with Crippen molar-refractivity contribution in [3.05, 3.63) is 11.1 Å². The highest BCUT2D eigenvalue weighted by molar-refractivity contribution is 8.00. The molecular formula is C16H28N2S2. The molecule has 1 aromatic rings. The zero-order chi connectivity index (χ0) is 15.1. The Labute approximate surface area is 132 Å². The molecule has 0 aliphatic rings. The molecule has 0 unspecified atom stereocenters. The molecule has 0 radical (unpaired) electrons. The van der Waals surface area contributed by atoms with E-state index in [1.807, 2.05) is 30.4 Å². The van der Waals surface area contributed by atoms with Gasteiger partial charge in [0.2, 0.25) is 0 Å². The van der Waals surface area contributed by atoms with Gasteiger partial charge in [0.05, 0.1) is 11.4 Å². The first kappa shape index (κ1) is 17.6. The third kappa shape index (κ3) is 4.26. The molecule has 4 heteroatoms. The van der Waals surface area contributed by atoms with Gasteiger partial charge in [0.1, 0.15) is 0 Å². The summed E-state index contributed by atoms with van der Waals surface area (Å²) in [7, 11) is 0. The third-order valence-corrected chi connectivity index (χ3v) is 6.08. The summed E-state index contributed by atoms with van der Waals surface area (Å²) >= 11 is 3.76. The zero-order valence-corrected chi connectivity index (χ0v) is 14.8. The summed E-state index contributed by atoms with van der Waals surface area (Å²) in [5, 5.41) is 0. The summed E-state index contributed by atoms with van der Waals surface area (Å²) in [6.45, 7) is 8.64. The maximum absolute atomic E-state index is 6.28. The molecule has 4 N–H and O–H groups in total. The molecule has 0 atom stereocenters. The van der Waals surface area contributed by atoms with Crippen molar-refractivity contribution in [2.24, 2.45) is 0 Å². The summed E-state index contributed by atoms with van der Waals surface area (Å²) in [6, 6.07) is 0. The fourth-order valence-corrected chi connectivity index (χ4v) is 4.60. The van der Waals surface area contributed by atoms with Gasteiger partial charge >= 0.3 is 0 Å². The summed E-state index contributed by atoms with van der Waals surface area (Å²) in [6.07, 6.45) is 4.90. The van der Waals surface area contributed by atoms with E-state index in [1.54, 1.807) is 0 Å². The lowest BCUT2D eigenvalue weighted by molar-refractivity contribution is 0.894. The van der Waals surface area contributed by atoms with Crippen LogP contribution < -0.4 is 11.5 Å². The van der Waals surface area contributed by atoms with Gasteiger partial charge < -0.3 is 11.5 Å². The average Bonchev–Trinajstić information content (AvgIpc) is 2.44. The predicted molar refractivity (Wildman–Crippen MR) is 96.0 cm³/mol. The molecular weight excluding hydrogens is 284 g/mol. The molecule has 0 fully saturated rings. The van der Waals surface area contributed by atoms with E-state index in [9.17, 15) is 0 Å².